The number of carboxylic acids is 1. The third-order valence-electron chi connectivity index (χ3n) is 4.77. The number of nitrogens with zero attached hydrogens (tertiary/aromatic N) is 3. The van der Waals surface area contributed by atoms with Gasteiger partial charge in [-0.3, -0.25) is 14.5 Å². The molecule has 1 saturated carbocycles. The van der Waals surface area contributed by atoms with Crippen molar-refractivity contribution in [3.05, 3.63) is 0 Å². The molecule has 0 radical (unpaired) electrons. The van der Waals surface area contributed by atoms with Gasteiger partial charge >= 0.3 is 5.97 Å². The van der Waals surface area contributed by atoms with Crippen molar-refractivity contribution >= 4 is 11.9 Å². The normalized spacial score (nSPS) is 22.0. The first-order valence-electron chi connectivity index (χ1n) is 7.68. The minimum Gasteiger partial charge on any atom is -0.481 e. The van der Waals surface area contributed by atoms with Crippen LogP contribution in [-0.4, -0.2) is 59.5 Å². The minimum atomic E-state index is -0.824. The third-order valence-corrected chi connectivity index (χ3v) is 4.77. The summed E-state index contributed by atoms with van der Waals surface area (Å²) < 4.78 is 0. The Balaban J connectivity index is 1.85. The topological polar surface area (TPSA) is 84.6 Å². The van der Waals surface area contributed by atoms with Crippen LogP contribution in [0, 0.1) is 16.7 Å². The van der Waals surface area contributed by atoms with Gasteiger partial charge < -0.3 is 10.0 Å². The van der Waals surface area contributed by atoms with Crippen LogP contribution in [0.3, 0.4) is 0 Å². The third kappa shape index (κ3) is 3.73. The van der Waals surface area contributed by atoms with Crippen LogP contribution in [0.2, 0.25) is 0 Å². The van der Waals surface area contributed by atoms with E-state index < -0.39 is 11.4 Å². The van der Waals surface area contributed by atoms with Crippen molar-refractivity contribution in [3.63, 3.8) is 0 Å². The summed E-state index contributed by atoms with van der Waals surface area (Å²) in [6.07, 6.45) is 3.70. The highest BCUT2D eigenvalue weighted by molar-refractivity contribution is 5.85. The Morgan fingerprint density at radius 1 is 1.14 bits per heavy atom. The molecule has 0 aromatic carbocycles. The van der Waals surface area contributed by atoms with Crippen molar-refractivity contribution in [1.29, 1.82) is 5.26 Å². The monoisotopic (exact) mass is 293 g/mol. The molecule has 116 valence electrons. The molecule has 0 aromatic rings. The maximum Gasteiger partial charge on any atom is 0.310 e. The molecule has 0 unspecified atom stereocenters. The summed E-state index contributed by atoms with van der Waals surface area (Å²) in [6, 6.07) is 2.13. The summed E-state index contributed by atoms with van der Waals surface area (Å²) in [5, 5.41) is 18.0. The fraction of sp³-hybridized carbons (Fsp3) is 0.800. The van der Waals surface area contributed by atoms with Gasteiger partial charge in [-0.25, -0.2) is 0 Å². The van der Waals surface area contributed by atoms with E-state index in [0.717, 1.165) is 32.5 Å². The molecule has 6 heteroatoms. The smallest absolute Gasteiger partial charge is 0.310 e. The second-order valence-corrected chi connectivity index (χ2v) is 6.10. The molecule has 6 nitrogen and oxygen atoms in total. The summed E-state index contributed by atoms with van der Waals surface area (Å²) in [5.74, 6) is -0.847. The molecule has 2 fully saturated rings. The lowest BCUT2D eigenvalue weighted by Crippen LogP contribution is -2.50. The zero-order chi connectivity index (χ0) is 15.3. The summed E-state index contributed by atoms with van der Waals surface area (Å²) in [7, 11) is 0. The molecule has 2 rings (SSSR count). The van der Waals surface area contributed by atoms with Crippen LogP contribution >= 0.6 is 0 Å². The molecule has 1 amide bonds. The number of piperazine rings is 1. The van der Waals surface area contributed by atoms with E-state index in [2.05, 4.69) is 11.0 Å². The number of hydrogen-bond acceptors (Lipinski definition) is 4. The van der Waals surface area contributed by atoms with Gasteiger partial charge in [0, 0.05) is 45.6 Å². The lowest BCUT2D eigenvalue weighted by molar-refractivity contribution is -0.153. The van der Waals surface area contributed by atoms with Gasteiger partial charge in [0.15, 0.2) is 0 Å². The van der Waals surface area contributed by atoms with Gasteiger partial charge in [0.25, 0.3) is 0 Å². The fourth-order valence-electron chi connectivity index (χ4n) is 3.35. The van der Waals surface area contributed by atoms with Crippen molar-refractivity contribution in [2.45, 2.75) is 38.5 Å². The van der Waals surface area contributed by atoms with Gasteiger partial charge in [-0.15, -0.1) is 0 Å². The van der Waals surface area contributed by atoms with Gasteiger partial charge in [-0.2, -0.15) is 5.26 Å². The number of carbonyl (C=O) groups excluding carboxylic acids is 1. The van der Waals surface area contributed by atoms with Gasteiger partial charge in [0.05, 0.1) is 11.5 Å². The average Bonchev–Trinajstić information content (AvgIpc) is 2.95. The first-order chi connectivity index (χ1) is 10.1. The fourth-order valence-corrected chi connectivity index (χ4v) is 3.35. The second-order valence-electron chi connectivity index (χ2n) is 6.10. The van der Waals surface area contributed by atoms with E-state index >= 15 is 0 Å². The van der Waals surface area contributed by atoms with Crippen LogP contribution in [0.4, 0.5) is 0 Å². The van der Waals surface area contributed by atoms with E-state index in [0.29, 0.717) is 32.4 Å². The van der Waals surface area contributed by atoms with Crippen molar-refractivity contribution in [2.75, 3.05) is 32.7 Å². The first kappa shape index (κ1) is 15.8. The summed E-state index contributed by atoms with van der Waals surface area (Å²) in [6.45, 7) is 3.57. The molecule has 2 aliphatic rings. The van der Waals surface area contributed by atoms with Gasteiger partial charge in [0.1, 0.15) is 0 Å². The van der Waals surface area contributed by atoms with Crippen LogP contribution in [0.25, 0.3) is 0 Å². The summed E-state index contributed by atoms with van der Waals surface area (Å²) in [5.41, 5.74) is -0.824. The zero-order valence-electron chi connectivity index (χ0n) is 12.4. The number of carboxylic acid groups (broad SMARTS) is 1. The lowest BCUT2D eigenvalue weighted by atomic mass is 9.82. The van der Waals surface area contributed by atoms with Gasteiger partial charge in [-0.1, -0.05) is 12.8 Å². The van der Waals surface area contributed by atoms with Crippen molar-refractivity contribution in [3.8, 4) is 6.07 Å². The quantitative estimate of drug-likeness (QED) is 0.820. The molecular formula is C15H23N3O3. The molecule has 1 heterocycles. The van der Waals surface area contributed by atoms with Crippen molar-refractivity contribution < 1.29 is 14.7 Å². The first-order valence-corrected chi connectivity index (χ1v) is 7.68. The van der Waals surface area contributed by atoms with Gasteiger partial charge in [0.2, 0.25) is 5.91 Å². The SMILES string of the molecule is N#CCCN1CCN(C(=O)CC2(C(=O)O)CCCC2)CC1. The largest absolute Gasteiger partial charge is 0.481 e. The molecule has 1 N–H and O–H groups in total. The van der Waals surface area contributed by atoms with E-state index in [1.807, 2.05) is 0 Å². The molecule has 1 aliphatic heterocycles. The highest BCUT2D eigenvalue weighted by Crippen LogP contribution is 2.41. The molecule has 21 heavy (non-hydrogen) atoms. The minimum absolute atomic E-state index is 0.0285. The molecule has 0 bridgehead atoms. The molecule has 1 saturated heterocycles. The maximum atomic E-state index is 12.4. The molecule has 1 aliphatic carbocycles. The Morgan fingerprint density at radius 3 is 2.29 bits per heavy atom. The molecule has 0 spiro atoms. The number of aliphatic carboxylic acids is 1. The second kappa shape index (κ2) is 6.90. The average molecular weight is 293 g/mol. The number of nitriles is 1. The Labute approximate surface area is 125 Å². The van der Waals surface area contributed by atoms with Crippen LogP contribution in [0.15, 0.2) is 0 Å². The van der Waals surface area contributed by atoms with Crippen LogP contribution in [0.5, 0.6) is 0 Å². The van der Waals surface area contributed by atoms with E-state index in [1.54, 1.807) is 4.90 Å². The predicted octanol–water partition coefficient (Wildman–Crippen LogP) is 1.08. The van der Waals surface area contributed by atoms with E-state index in [4.69, 9.17) is 5.26 Å². The van der Waals surface area contributed by atoms with E-state index in [1.165, 1.54) is 0 Å². The highest BCUT2D eigenvalue weighted by atomic mass is 16.4. The van der Waals surface area contributed by atoms with E-state index in [-0.39, 0.29) is 12.3 Å². The molecule has 0 aromatic heterocycles. The number of carbonyl (C=O) groups is 2. The van der Waals surface area contributed by atoms with Crippen LogP contribution in [0.1, 0.15) is 38.5 Å². The number of hydrogen-bond donors (Lipinski definition) is 1. The van der Waals surface area contributed by atoms with Crippen molar-refractivity contribution in [1.82, 2.24) is 9.80 Å². The predicted molar refractivity (Wildman–Crippen MR) is 76.4 cm³/mol. The number of rotatable bonds is 5. The van der Waals surface area contributed by atoms with Crippen LogP contribution < -0.4 is 0 Å². The summed E-state index contributed by atoms with van der Waals surface area (Å²) in [4.78, 5) is 27.8. The Kier molecular flexibility index (Phi) is 5.18. The Morgan fingerprint density at radius 2 is 1.76 bits per heavy atom. The molecular weight excluding hydrogens is 270 g/mol. The zero-order valence-corrected chi connectivity index (χ0v) is 12.4. The number of amides is 1. The molecule has 0 atom stereocenters. The summed E-state index contributed by atoms with van der Waals surface area (Å²) >= 11 is 0. The van der Waals surface area contributed by atoms with Crippen LogP contribution in [-0.2, 0) is 9.59 Å². The maximum absolute atomic E-state index is 12.4. The van der Waals surface area contributed by atoms with E-state index in [9.17, 15) is 14.7 Å². The Bertz CT molecular complexity index is 430. The standard InChI is InChI=1S/C15H23N3O3/c16-6-3-7-17-8-10-18(11-9-17)13(19)12-15(14(20)21)4-1-2-5-15/h1-5,7-12H2,(H,20,21). The van der Waals surface area contributed by atoms with Gasteiger partial charge in [-0.05, 0) is 12.8 Å². The van der Waals surface area contributed by atoms with Crippen molar-refractivity contribution in [2.24, 2.45) is 5.41 Å². The highest BCUT2D eigenvalue weighted by Gasteiger charge is 2.43. The Hall–Kier alpha value is -1.61. The lowest BCUT2D eigenvalue weighted by Gasteiger charge is -2.36.